The maximum Gasteiger partial charge on any atom is 0.391 e. The van der Waals surface area contributed by atoms with Gasteiger partial charge < -0.3 is 15.2 Å². The Morgan fingerprint density at radius 1 is 1.40 bits per heavy atom. The molecule has 0 amide bonds. The van der Waals surface area contributed by atoms with Gasteiger partial charge in [0.2, 0.25) is 0 Å². The number of hydrogen-bond donors (Lipinski definition) is 2. The zero-order valence-electron chi connectivity index (χ0n) is 15.1. The zero-order chi connectivity index (χ0) is 18.4. The fourth-order valence-electron chi connectivity index (χ4n) is 3.24. The molecule has 1 aliphatic carbocycles. The number of nitrogens with one attached hydrogen (secondary N) is 2. The van der Waals surface area contributed by atoms with Crippen molar-refractivity contribution >= 4 is 5.96 Å². The van der Waals surface area contributed by atoms with E-state index in [1.807, 2.05) is 6.20 Å². The second kappa shape index (κ2) is 8.58. The number of imidazole rings is 1. The van der Waals surface area contributed by atoms with Crippen molar-refractivity contribution < 1.29 is 13.2 Å². The predicted octanol–water partition coefficient (Wildman–Crippen LogP) is 3.33. The summed E-state index contributed by atoms with van der Waals surface area (Å²) in [7, 11) is 1.62. The lowest BCUT2D eigenvalue weighted by atomic mass is 9.85. The van der Waals surface area contributed by atoms with Gasteiger partial charge >= 0.3 is 6.18 Å². The van der Waals surface area contributed by atoms with Gasteiger partial charge in [0.25, 0.3) is 0 Å². The summed E-state index contributed by atoms with van der Waals surface area (Å²) in [5.74, 6) is 0.689. The topological polar surface area (TPSA) is 54.2 Å². The third kappa shape index (κ3) is 5.93. The van der Waals surface area contributed by atoms with E-state index in [2.05, 4.69) is 39.0 Å². The van der Waals surface area contributed by atoms with E-state index in [4.69, 9.17) is 0 Å². The first-order valence-electron chi connectivity index (χ1n) is 8.83. The molecule has 1 fully saturated rings. The van der Waals surface area contributed by atoms with Crippen molar-refractivity contribution in [2.45, 2.75) is 64.8 Å². The van der Waals surface area contributed by atoms with Gasteiger partial charge in [-0.15, -0.1) is 0 Å². The van der Waals surface area contributed by atoms with Crippen LogP contribution in [-0.2, 0) is 13.1 Å². The smallest absolute Gasteiger partial charge is 0.354 e. The van der Waals surface area contributed by atoms with Gasteiger partial charge in [0, 0.05) is 32.0 Å². The molecule has 0 saturated heterocycles. The van der Waals surface area contributed by atoms with Crippen LogP contribution in [0.25, 0.3) is 0 Å². The Labute approximate surface area is 147 Å². The second-order valence-electron chi connectivity index (χ2n) is 7.06. The molecular weight excluding hydrogens is 331 g/mol. The monoisotopic (exact) mass is 359 g/mol. The number of halogens is 3. The van der Waals surface area contributed by atoms with Crippen molar-refractivity contribution in [1.29, 1.82) is 0 Å². The standard InChI is InChI=1S/C17H28F3N5/c1-12(2)11-25-8-7-22-15(25)10-23-16(21-3)24-14-6-4-5-13(9-14)17(18,19)20/h7-8,12-14H,4-6,9-11H2,1-3H3,(H2,21,23,24). The van der Waals surface area contributed by atoms with Crippen molar-refractivity contribution in [2.24, 2.45) is 16.8 Å². The Morgan fingerprint density at radius 3 is 2.80 bits per heavy atom. The third-order valence-electron chi connectivity index (χ3n) is 4.48. The first kappa shape index (κ1) is 19.6. The summed E-state index contributed by atoms with van der Waals surface area (Å²) >= 11 is 0. The minimum absolute atomic E-state index is 0.103. The largest absolute Gasteiger partial charge is 0.391 e. The van der Waals surface area contributed by atoms with Gasteiger partial charge in [-0.3, -0.25) is 4.99 Å². The zero-order valence-corrected chi connectivity index (χ0v) is 15.1. The maximum atomic E-state index is 12.9. The molecule has 142 valence electrons. The number of rotatable bonds is 5. The number of aliphatic imine (C=N–C) groups is 1. The number of guanidine groups is 1. The molecule has 25 heavy (non-hydrogen) atoms. The highest BCUT2D eigenvalue weighted by Crippen LogP contribution is 2.37. The Morgan fingerprint density at radius 2 is 2.16 bits per heavy atom. The van der Waals surface area contributed by atoms with Crippen LogP contribution in [0.1, 0.15) is 45.4 Å². The van der Waals surface area contributed by atoms with E-state index in [1.54, 1.807) is 13.2 Å². The Kier molecular flexibility index (Phi) is 6.72. The molecule has 0 spiro atoms. The molecule has 0 bridgehead atoms. The average Bonchev–Trinajstić information content (AvgIpc) is 2.97. The van der Waals surface area contributed by atoms with Crippen LogP contribution >= 0.6 is 0 Å². The van der Waals surface area contributed by atoms with Crippen LogP contribution in [0, 0.1) is 11.8 Å². The van der Waals surface area contributed by atoms with E-state index in [0.29, 0.717) is 24.8 Å². The van der Waals surface area contributed by atoms with Crippen molar-refractivity contribution in [3.05, 3.63) is 18.2 Å². The summed E-state index contributed by atoms with van der Waals surface area (Å²) in [5, 5.41) is 6.29. The SMILES string of the molecule is CN=C(NCc1nccn1CC(C)C)NC1CCCC(C(F)(F)F)C1. The van der Waals surface area contributed by atoms with Crippen molar-refractivity contribution in [1.82, 2.24) is 20.2 Å². The van der Waals surface area contributed by atoms with Crippen molar-refractivity contribution in [2.75, 3.05) is 7.05 Å². The van der Waals surface area contributed by atoms with Gasteiger partial charge in [-0.05, 0) is 25.2 Å². The molecule has 1 saturated carbocycles. The molecule has 0 aliphatic heterocycles. The summed E-state index contributed by atoms with van der Waals surface area (Å²) in [6, 6.07) is -0.206. The fraction of sp³-hybridized carbons (Fsp3) is 0.765. The van der Waals surface area contributed by atoms with E-state index < -0.39 is 12.1 Å². The highest BCUT2D eigenvalue weighted by Gasteiger charge is 2.42. The van der Waals surface area contributed by atoms with Gasteiger partial charge in [0.05, 0.1) is 12.5 Å². The van der Waals surface area contributed by atoms with Crippen LogP contribution in [0.4, 0.5) is 13.2 Å². The minimum Gasteiger partial charge on any atom is -0.354 e. The summed E-state index contributed by atoms with van der Waals surface area (Å²) in [6.45, 7) is 5.63. The van der Waals surface area contributed by atoms with E-state index in [-0.39, 0.29) is 18.9 Å². The normalized spacial score (nSPS) is 22.3. The summed E-state index contributed by atoms with van der Waals surface area (Å²) < 4.78 is 40.9. The first-order chi connectivity index (χ1) is 11.8. The average molecular weight is 359 g/mol. The lowest BCUT2D eigenvalue weighted by Gasteiger charge is -2.31. The third-order valence-corrected chi connectivity index (χ3v) is 4.48. The molecule has 8 heteroatoms. The number of nitrogens with zero attached hydrogens (tertiary/aromatic N) is 3. The van der Waals surface area contributed by atoms with Gasteiger partial charge in [-0.25, -0.2) is 4.98 Å². The van der Waals surface area contributed by atoms with Crippen LogP contribution in [0.2, 0.25) is 0 Å². The van der Waals surface area contributed by atoms with Crippen LogP contribution in [0.5, 0.6) is 0 Å². The van der Waals surface area contributed by atoms with E-state index in [1.165, 1.54) is 0 Å². The fourth-order valence-corrected chi connectivity index (χ4v) is 3.24. The summed E-state index contributed by atoms with van der Waals surface area (Å²) in [6.07, 6.45) is 1.21. The molecule has 2 atom stereocenters. The molecule has 2 N–H and O–H groups in total. The van der Waals surface area contributed by atoms with Crippen LogP contribution < -0.4 is 10.6 Å². The molecule has 0 aromatic carbocycles. The molecule has 1 aliphatic rings. The Hall–Kier alpha value is -1.73. The van der Waals surface area contributed by atoms with Crippen molar-refractivity contribution in [3.8, 4) is 0 Å². The highest BCUT2D eigenvalue weighted by molar-refractivity contribution is 5.79. The van der Waals surface area contributed by atoms with E-state index >= 15 is 0 Å². The molecule has 2 rings (SSSR count). The second-order valence-corrected chi connectivity index (χ2v) is 7.06. The summed E-state index contributed by atoms with van der Waals surface area (Å²) in [4.78, 5) is 8.47. The predicted molar refractivity (Wildman–Crippen MR) is 92.2 cm³/mol. The van der Waals surface area contributed by atoms with Gasteiger partial charge in [-0.1, -0.05) is 20.3 Å². The molecule has 1 aromatic heterocycles. The van der Waals surface area contributed by atoms with Gasteiger partial charge in [0.1, 0.15) is 5.82 Å². The van der Waals surface area contributed by atoms with Gasteiger partial charge in [0.15, 0.2) is 5.96 Å². The molecule has 1 aromatic rings. The number of hydrogen-bond acceptors (Lipinski definition) is 2. The van der Waals surface area contributed by atoms with Crippen molar-refractivity contribution in [3.63, 3.8) is 0 Å². The van der Waals surface area contributed by atoms with Gasteiger partial charge in [-0.2, -0.15) is 13.2 Å². The van der Waals surface area contributed by atoms with Crippen LogP contribution in [0.15, 0.2) is 17.4 Å². The lowest BCUT2D eigenvalue weighted by Crippen LogP contribution is -2.46. The molecule has 2 unspecified atom stereocenters. The summed E-state index contributed by atoms with van der Waals surface area (Å²) in [5.41, 5.74) is 0. The molecule has 5 nitrogen and oxygen atoms in total. The molecule has 0 radical (unpaired) electrons. The molecular formula is C17H28F3N5. The number of aromatic nitrogens is 2. The first-order valence-corrected chi connectivity index (χ1v) is 8.83. The maximum absolute atomic E-state index is 12.9. The quantitative estimate of drug-likeness (QED) is 0.626. The van der Waals surface area contributed by atoms with Crippen LogP contribution in [0.3, 0.4) is 0 Å². The Balaban J connectivity index is 1.88. The van der Waals surface area contributed by atoms with E-state index in [0.717, 1.165) is 18.8 Å². The van der Waals surface area contributed by atoms with Crippen LogP contribution in [-0.4, -0.2) is 34.8 Å². The van der Waals surface area contributed by atoms with E-state index in [9.17, 15) is 13.2 Å². The Bertz CT molecular complexity index is 565. The number of alkyl halides is 3. The minimum atomic E-state index is -4.11. The highest BCUT2D eigenvalue weighted by atomic mass is 19.4. The lowest BCUT2D eigenvalue weighted by molar-refractivity contribution is -0.183. The molecule has 1 heterocycles.